The van der Waals surface area contributed by atoms with Crippen molar-refractivity contribution in [1.29, 1.82) is 5.26 Å². The predicted octanol–water partition coefficient (Wildman–Crippen LogP) is 0.317. The molecule has 37 heavy (non-hydrogen) atoms. The van der Waals surface area contributed by atoms with Gasteiger partial charge in [-0.2, -0.15) is 15.2 Å². The van der Waals surface area contributed by atoms with Crippen molar-refractivity contribution in [2.24, 2.45) is 0 Å². The van der Waals surface area contributed by atoms with Crippen LogP contribution in [0.4, 0.5) is 17.5 Å². The molecule has 0 radical (unpaired) electrons. The second-order valence-electron chi connectivity index (χ2n) is 7.84. The first-order valence-electron chi connectivity index (χ1n) is 10.9. The van der Waals surface area contributed by atoms with Crippen molar-refractivity contribution in [3.8, 4) is 6.07 Å². The Kier molecular flexibility index (Phi) is 8.31. The largest absolute Gasteiger partial charge is 0.469 e. The van der Waals surface area contributed by atoms with Gasteiger partial charge in [0.25, 0.3) is 5.91 Å². The van der Waals surface area contributed by atoms with Gasteiger partial charge >= 0.3 is 11.9 Å². The maximum Gasteiger partial charge on any atom is 0.328 e. The molecule has 0 spiro atoms. The summed E-state index contributed by atoms with van der Waals surface area (Å²) >= 11 is 0. The minimum atomic E-state index is -1.01. The normalized spacial score (nSPS) is 11.3. The number of amides is 1. The summed E-state index contributed by atoms with van der Waals surface area (Å²) in [5.41, 5.74) is 13.2. The van der Waals surface area contributed by atoms with Gasteiger partial charge in [0.15, 0.2) is 22.7 Å². The summed E-state index contributed by atoms with van der Waals surface area (Å²) in [6.07, 6.45) is -0.0319. The van der Waals surface area contributed by atoms with Crippen LogP contribution in [0.3, 0.4) is 0 Å². The molecule has 2 heterocycles. The number of nitrogens with one attached hydrogen (secondary N) is 1. The maximum absolute atomic E-state index is 12.7. The Morgan fingerprint density at radius 2 is 1.78 bits per heavy atom. The van der Waals surface area contributed by atoms with Crippen LogP contribution < -0.4 is 21.7 Å². The van der Waals surface area contributed by atoms with Crippen molar-refractivity contribution in [2.75, 3.05) is 37.6 Å². The lowest BCUT2D eigenvalue weighted by Gasteiger charge is -2.20. The van der Waals surface area contributed by atoms with Crippen LogP contribution >= 0.6 is 0 Å². The Labute approximate surface area is 211 Å². The number of fused-ring (bicyclic) bond motifs is 1. The number of hydrogen-bond acceptors (Lipinski definition) is 13. The number of benzene rings is 1. The number of rotatable bonds is 9. The number of ether oxygens (including phenoxy) is 2. The number of nitrogens with zero attached hydrogens (tertiary/aromatic N) is 6. The van der Waals surface area contributed by atoms with Gasteiger partial charge in [-0.25, -0.2) is 14.8 Å². The molecule has 0 saturated carbocycles. The van der Waals surface area contributed by atoms with Crippen LogP contribution in [-0.2, 0) is 25.6 Å². The lowest BCUT2D eigenvalue weighted by atomic mass is 10.1. The molecule has 5 N–H and O–H groups in total. The monoisotopic (exact) mass is 507 g/mol. The zero-order valence-electron chi connectivity index (χ0n) is 20.4. The zero-order chi connectivity index (χ0) is 27.1. The van der Waals surface area contributed by atoms with Gasteiger partial charge in [0.1, 0.15) is 12.1 Å². The molecule has 3 aromatic rings. The van der Waals surface area contributed by atoms with E-state index < -0.39 is 23.9 Å². The Hall–Kier alpha value is -5.06. The summed E-state index contributed by atoms with van der Waals surface area (Å²) in [5, 5.41) is 12.1. The number of nitrogen functional groups attached to an aromatic ring is 2. The highest BCUT2D eigenvalue weighted by Crippen LogP contribution is 2.21. The van der Waals surface area contributed by atoms with Crippen LogP contribution in [-0.4, -0.2) is 65.1 Å². The second-order valence-corrected chi connectivity index (χ2v) is 7.84. The van der Waals surface area contributed by atoms with E-state index in [1.807, 2.05) is 6.07 Å². The summed E-state index contributed by atoms with van der Waals surface area (Å²) in [5.74, 6) is -1.72. The number of anilines is 3. The fourth-order valence-corrected chi connectivity index (χ4v) is 3.40. The molecule has 14 heteroatoms. The van der Waals surface area contributed by atoms with Crippen molar-refractivity contribution >= 4 is 46.5 Å². The molecule has 3 rings (SSSR count). The van der Waals surface area contributed by atoms with Crippen molar-refractivity contribution in [3.63, 3.8) is 0 Å². The van der Waals surface area contributed by atoms with E-state index in [1.54, 1.807) is 36.2 Å². The van der Waals surface area contributed by atoms with E-state index in [2.05, 4.69) is 30.0 Å². The highest BCUT2D eigenvalue weighted by Gasteiger charge is 2.23. The molecule has 0 bridgehead atoms. The standard InChI is InChI=1S/C23H25N9O5/c1-32(11-16-15(10-24)28-20-18(27-16)19(25)30-23(26)31-20)13-6-4-12(5-7-13)21(34)29-14(22(35)37-3)8-9-17(33)36-2/h4-7,14H,8-9,11H2,1-3H3,(H,29,34)(H4,25,26,28,30,31)/t14-/m1/s1. The van der Waals surface area contributed by atoms with Gasteiger partial charge in [-0.05, 0) is 30.7 Å². The summed E-state index contributed by atoms with van der Waals surface area (Å²) in [4.78, 5) is 54.4. The third kappa shape index (κ3) is 6.34. The molecule has 2 aromatic heterocycles. The molecular formula is C23H25N9O5. The van der Waals surface area contributed by atoms with Gasteiger partial charge < -0.3 is 31.2 Å². The Bertz CT molecular complexity index is 1370. The Morgan fingerprint density at radius 3 is 2.41 bits per heavy atom. The van der Waals surface area contributed by atoms with E-state index in [9.17, 15) is 19.6 Å². The van der Waals surface area contributed by atoms with Crippen molar-refractivity contribution in [2.45, 2.75) is 25.4 Å². The van der Waals surface area contributed by atoms with Crippen molar-refractivity contribution in [3.05, 3.63) is 41.2 Å². The average molecular weight is 508 g/mol. The molecule has 0 fully saturated rings. The quantitative estimate of drug-likeness (QED) is 0.333. The highest BCUT2D eigenvalue weighted by atomic mass is 16.5. The first-order valence-corrected chi connectivity index (χ1v) is 10.9. The Balaban J connectivity index is 1.74. The minimum Gasteiger partial charge on any atom is -0.469 e. The van der Waals surface area contributed by atoms with Crippen LogP contribution in [0.15, 0.2) is 24.3 Å². The summed E-state index contributed by atoms with van der Waals surface area (Å²) in [7, 11) is 4.20. The molecule has 1 amide bonds. The molecule has 0 aliphatic carbocycles. The highest BCUT2D eigenvalue weighted by molar-refractivity contribution is 5.97. The number of hydrogen-bond donors (Lipinski definition) is 3. The number of aromatic nitrogens is 4. The zero-order valence-corrected chi connectivity index (χ0v) is 20.4. The number of nitriles is 1. The molecule has 1 aromatic carbocycles. The van der Waals surface area contributed by atoms with E-state index in [-0.39, 0.29) is 53.6 Å². The van der Waals surface area contributed by atoms with Gasteiger partial charge in [0, 0.05) is 24.7 Å². The van der Waals surface area contributed by atoms with Crippen LogP contribution in [0.25, 0.3) is 11.2 Å². The smallest absolute Gasteiger partial charge is 0.328 e. The molecule has 0 saturated heterocycles. The number of methoxy groups -OCH3 is 2. The third-order valence-electron chi connectivity index (χ3n) is 5.37. The summed E-state index contributed by atoms with van der Waals surface area (Å²) in [6.45, 7) is 0.194. The van der Waals surface area contributed by atoms with E-state index in [1.165, 1.54) is 14.2 Å². The van der Waals surface area contributed by atoms with Gasteiger partial charge in [0.2, 0.25) is 5.95 Å². The topological polar surface area (TPSA) is 212 Å². The fourth-order valence-electron chi connectivity index (χ4n) is 3.40. The van der Waals surface area contributed by atoms with Crippen LogP contribution in [0.2, 0.25) is 0 Å². The number of carbonyl (C=O) groups excluding carboxylic acids is 3. The first kappa shape index (κ1) is 26.5. The van der Waals surface area contributed by atoms with Gasteiger partial charge in [-0.15, -0.1) is 0 Å². The number of esters is 2. The fraction of sp³-hybridized carbons (Fsp3) is 0.304. The van der Waals surface area contributed by atoms with E-state index >= 15 is 0 Å². The average Bonchev–Trinajstić information content (AvgIpc) is 2.90. The number of nitrogens with two attached hydrogens (primary N) is 2. The van der Waals surface area contributed by atoms with E-state index in [0.29, 0.717) is 11.4 Å². The molecular weight excluding hydrogens is 482 g/mol. The lowest BCUT2D eigenvalue weighted by Crippen LogP contribution is -2.41. The number of carbonyl (C=O) groups is 3. The second kappa shape index (κ2) is 11.6. The van der Waals surface area contributed by atoms with E-state index in [0.717, 1.165) is 0 Å². The maximum atomic E-state index is 12.7. The van der Waals surface area contributed by atoms with Crippen LogP contribution in [0, 0.1) is 11.3 Å². The van der Waals surface area contributed by atoms with Crippen LogP contribution in [0.5, 0.6) is 0 Å². The molecule has 14 nitrogen and oxygen atoms in total. The van der Waals surface area contributed by atoms with Gasteiger partial charge in [0.05, 0.1) is 26.5 Å². The Morgan fingerprint density at radius 1 is 1.08 bits per heavy atom. The summed E-state index contributed by atoms with van der Waals surface area (Å²) in [6, 6.07) is 7.51. The molecule has 1 atom stereocenters. The molecule has 192 valence electrons. The van der Waals surface area contributed by atoms with Gasteiger partial charge in [-0.1, -0.05) is 0 Å². The lowest BCUT2D eigenvalue weighted by molar-refractivity contribution is -0.144. The molecule has 0 unspecified atom stereocenters. The van der Waals surface area contributed by atoms with E-state index in [4.69, 9.17) is 16.2 Å². The molecule has 0 aliphatic rings. The van der Waals surface area contributed by atoms with Crippen LogP contribution in [0.1, 0.15) is 34.6 Å². The van der Waals surface area contributed by atoms with Crippen molar-refractivity contribution < 1.29 is 23.9 Å². The van der Waals surface area contributed by atoms with Crippen molar-refractivity contribution in [1.82, 2.24) is 25.3 Å². The first-order chi connectivity index (χ1) is 17.7. The summed E-state index contributed by atoms with van der Waals surface area (Å²) < 4.78 is 9.29. The van der Waals surface area contributed by atoms with Gasteiger partial charge in [-0.3, -0.25) is 9.59 Å². The predicted molar refractivity (Wildman–Crippen MR) is 132 cm³/mol. The third-order valence-corrected chi connectivity index (χ3v) is 5.37. The minimum absolute atomic E-state index is 0.0298. The SMILES string of the molecule is COC(=O)CC[C@@H](NC(=O)c1ccc(N(C)Cc2nc3c(N)nc(N)nc3nc2C#N)cc1)C(=O)OC. The molecule has 0 aliphatic heterocycles.